The molecule has 0 aliphatic carbocycles. The van der Waals surface area contributed by atoms with Crippen LogP contribution in [0, 0.1) is 11.8 Å². The monoisotopic (exact) mass is 298 g/mol. The summed E-state index contributed by atoms with van der Waals surface area (Å²) in [5.74, 6) is -4.60. The Morgan fingerprint density at radius 2 is 0.947 bits per heavy atom. The molecule has 0 fully saturated rings. The van der Waals surface area contributed by atoms with Gasteiger partial charge in [0, 0.05) is 12.8 Å². The Hall–Kier alpha value is -0.460. The zero-order valence-corrected chi connectivity index (χ0v) is 13.9. The first-order valence-corrected chi connectivity index (χ1v) is 5.56. The predicted molar refractivity (Wildman–Crippen MR) is 64.7 cm³/mol. The molecule has 0 aliphatic rings. The van der Waals surface area contributed by atoms with Gasteiger partial charge in [-0.1, -0.05) is 27.7 Å². The molecule has 0 aromatic heterocycles. The molecule has 0 spiro atoms. The second-order valence-electron chi connectivity index (χ2n) is 4.62. The van der Waals surface area contributed by atoms with E-state index < -0.39 is 23.5 Å². The van der Waals surface area contributed by atoms with Crippen molar-refractivity contribution < 1.29 is 29.4 Å². The van der Waals surface area contributed by atoms with Crippen LogP contribution in [-0.4, -0.2) is 61.2 Å². The van der Waals surface area contributed by atoms with E-state index in [2.05, 4.69) is 0 Å². The fourth-order valence-electron chi connectivity index (χ4n) is 0.908. The van der Waals surface area contributed by atoms with E-state index >= 15 is 0 Å². The van der Waals surface area contributed by atoms with Crippen LogP contribution < -0.4 is 10.2 Å². The molecule has 0 aromatic carbocycles. The number of carboxylic acid groups (broad SMARTS) is 2. The quantitative estimate of drug-likeness (QED) is 0.427. The topological polar surface area (TPSA) is 114 Å². The summed E-state index contributed by atoms with van der Waals surface area (Å²) in [4.78, 5) is 40.1. The van der Waals surface area contributed by atoms with Crippen LogP contribution in [0.3, 0.4) is 0 Å². The van der Waals surface area contributed by atoms with Crippen LogP contribution in [0.4, 0.5) is 0 Å². The molecule has 0 aliphatic heterocycles. The third-order valence-electron chi connectivity index (χ3n) is 1.64. The average molecular weight is 298 g/mol. The van der Waals surface area contributed by atoms with Gasteiger partial charge in [-0.15, -0.1) is 0 Å². The SMILES string of the molecule is CC(C)CC(=O)C(=O)[O-].CC(C)CC(=O)C(=O)[O-].[Ca+2]. The van der Waals surface area contributed by atoms with E-state index in [0.29, 0.717) is 0 Å². The molecule has 0 bridgehead atoms. The van der Waals surface area contributed by atoms with Gasteiger partial charge in [0.05, 0.1) is 0 Å². The molecule has 0 amide bonds. The van der Waals surface area contributed by atoms with Gasteiger partial charge in [-0.3, -0.25) is 9.59 Å². The second kappa shape index (κ2) is 12.6. The van der Waals surface area contributed by atoms with Gasteiger partial charge in [-0.2, -0.15) is 0 Å². The maximum Gasteiger partial charge on any atom is 2.00 e. The second-order valence-corrected chi connectivity index (χ2v) is 4.62. The minimum atomic E-state index is -1.58. The first-order chi connectivity index (χ1) is 8.07. The molecule has 0 saturated heterocycles. The summed E-state index contributed by atoms with van der Waals surface area (Å²) >= 11 is 0. The molecule has 0 saturated carbocycles. The van der Waals surface area contributed by atoms with Crippen LogP contribution in [-0.2, 0) is 19.2 Å². The van der Waals surface area contributed by atoms with Crippen molar-refractivity contribution in [3.05, 3.63) is 0 Å². The van der Waals surface area contributed by atoms with E-state index in [1.54, 1.807) is 27.7 Å². The Bertz CT molecular complexity index is 290. The van der Waals surface area contributed by atoms with Crippen molar-refractivity contribution in [1.82, 2.24) is 0 Å². The maximum atomic E-state index is 10.3. The Balaban J connectivity index is -0.000000256. The van der Waals surface area contributed by atoms with Crippen molar-refractivity contribution in [2.75, 3.05) is 0 Å². The Kier molecular flexibility index (Phi) is 15.6. The summed E-state index contributed by atoms with van der Waals surface area (Å²) in [6.07, 6.45) is 0.144. The molecule has 19 heavy (non-hydrogen) atoms. The first-order valence-electron chi connectivity index (χ1n) is 5.56. The van der Waals surface area contributed by atoms with Gasteiger partial charge >= 0.3 is 37.7 Å². The predicted octanol–water partition coefficient (Wildman–Crippen LogP) is -1.68. The van der Waals surface area contributed by atoms with E-state index in [9.17, 15) is 29.4 Å². The molecule has 0 rings (SSSR count). The number of carbonyl (C=O) groups is 4. The standard InChI is InChI=1S/2C6H10O3.Ca/c2*1-4(2)3-5(7)6(8)9;/h2*4H,3H2,1-2H3,(H,8,9);/q;;+2/p-2. The number of rotatable bonds is 6. The number of carbonyl (C=O) groups excluding carboxylic acids is 4. The van der Waals surface area contributed by atoms with E-state index in [0.717, 1.165) is 0 Å². The molecular formula is C12H18CaO6. The Labute approximate surface area is 142 Å². The summed E-state index contributed by atoms with van der Waals surface area (Å²) in [6, 6.07) is 0. The average Bonchev–Trinajstić information content (AvgIpc) is 2.16. The fourth-order valence-corrected chi connectivity index (χ4v) is 0.908. The van der Waals surface area contributed by atoms with Gasteiger partial charge < -0.3 is 19.8 Å². The van der Waals surface area contributed by atoms with Crippen molar-refractivity contribution in [3.63, 3.8) is 0 Å². The van der Waals surface area contributed by atoms with E-state index in [4.69, 9.17) is 0 Å². The summed E-state index contributed by atoms with van der Waals surface area (Å²) in [5, 5.41) is 19.5. The van der Waals surface area contributed by atoms with E-state index in [-0.39, 0.29) is 62.4 Å². The van der Waals surface area contributed by atoms with Gasteiger partial charge in [-0.25, -0.2) is 0 Å². The summed E-state index contributed by atoms with van der Waals surface area (Å²) in [5.41, 5.74) is 0. The van der Waals surface area contributed by atoms with Gasteiger partial charge in [0.25, 0.3) is 0 Å². The number of hydrogen-bond acceptors (Lipinski definition) is 6. The van der Waals surface area contributed by atoms with Crippen molar-refractivity contribution in [2.45, 2.75) is 40.5 Å². The molecule has 0 N–H and O–H groups in total. The van der Waals surface area contributed by atoms with Gasteiger partial charge in [0.2, 0.25) is 0 Å². The smallest absolute Gasteiger partial charge is 0.542 e. The van der Waals surface area contributed by atoms with Crippen LogP contribution in [0.2, 0.25) is 0 Å². The molecule has 0 unspecified atom stereocenters. The van der Waals surface area contributed by atoms with Crippen LogP contribution in [0.25, 0.3) is 0 Å². The maximum absolute atomic E-state index is 10.3. The molecule has 6 nitrogen and oxygen atoms in total. The van der Waals surface area contributed by atoms with Gasteiger partial charge in [0.15, 0.2) is 11.6 Å². The van der Waals surface area contributed by atoms with E-state index in [1.165, 1.54) is 0 Å². The van der Waals surface area contributed by atoms with Crippen LogP contribution in [0.5, 0.6) is 0 Å². The molecule has 0 aromatic rings. The number of ketones is 2. The number of aliphatic carboxylic acids is 2. The van der Waals surface area contributed by atoms with Crippen molar-refractivity contribution in [2.24, 2.45) is 11.8 Å². The number of hydrogen-bond donors (Lipinski definition) is 0. The third kappa shape index (κ3) is 17.5. The third-order valence-corrected chi connectivity index (χ3v) is 1.64. The number of Topliss-reactive ketones (excluding diaryl/α,β-unsaturated/α-hetero) is 2. The first kappa shape index (κ1) is 23.6. The van der Waals surface area contributed by atoms with Crippen molar-refractivity contribution >= 4 is 61.2 Å². The zero-order chi connectivity index (χ0) is 14.9. The molecule has 0 atom stereocenters. The van der Waals surface area contributed by atoms with Gasteiger partial charge in [-0.05, 0) is 11.8 Å². The summed E-state index contributed by atoms with van der Waals surface area (Å²) < 4.78 is 0. The minimum absolute atomic E-state index is 0. The molecule has 104 valence electrons. The molecular weight excluding hydrogens is 280 g/mol. The Morgan fingerprint density at radius 3 is 1.00 bits per heavy atom. The summed E-state index contributed by atoms with van der Waals surface area (Å²) in [6.45, 7) is 7.11. The van der Waals surface area contributed by atoms with Crippen LogP contribution in [0.15, 0.2) is 0 Å². The summed E-state index contributed by atoms with van der Waals surface area (Å²) in [7, 11) is 0. The van der Waals surface area contributed by atoms with Gasteiger partial charge in [0.1, 0.15) is 11.9 Å². The largest absolute Gasteiger partial charge is 2.00 e. The normalized spacial score (nSPS) is 9.16. The Morgan fingerprint density at radius 1 is 0.737 bits per heavy atom. The number of carboxylic acids is 2. The minimum Gasteiger partial charge on any atom is -0.542 e. The van der Waals surface area contributed by atoms with Crippen LogP contribution in [0.1, 0.15) is 40.5 Å². The van der Waals surface area contributed by atoms with Crippen LogP contribution >= 0.6 is 0 Å². The zero-order valence-electron chi connectivity index (χ0n) is 11.7. The van der Waals surface area contributed by atoms with E-state index in [1.807, 2.05) is 0 Å². The fraction of sp³-hybridized carbons (Fsp3) is 0.667. The molecule has 0 heterocycles. The molecule has 0 radical (unpaired) electrons. The van der Waals surface area contributed by atoms with Crippen molar-refractivity contribution in [1.29, 1.82) is 0 Å². The van der Waals surface area contributed by atoms with Crippen molar-refractivity contribution in [3.8, 4) is 0 Å². The molecule has 7 heteroatoms.